The Morgan fingerprint density at radius 1 is 1.18 bits per heavy atom. The monoisotopic (exact) mass is 690 g/mol. The number of fused-ring (bicyclic) bond motifs is 4. The van der Waals surface area contributed by atoms with Crippen molar-refractivity contribution >= 4 is 64.3 Å². The average molecular weight is 692 g/mol. The van der Waals surface area contributed by atoms with Gasteiger partial charge in [-0.2, -0.15) is 0 Å². The van der Waals surface area contributed by atoms with E-state index in [2.05, 4.69) is 66.9 Å². The van der Waals surface area contributed by atoms with Gasteiger partial charge in [0.25, 0.3) is 11.5 Å². The van der Waals surface area contributed by atoms with E-state index in [9.17, 15) is 28.0 Å². The molecule has 1 aromatic rings. The minimum atomic E-state index is -1.31. The number of thiol groups is 1. The number of halogens is 4. The zero-order valence-corrected chi connectivity index (χ0v) is 22.8. The van der Waals surface area contributed by atoms with Crippen molar-refractivity contribution < 1.29 is 37.7 Å². The van der Waals surface area contributed by atoms with Gasteiger partial charge in [0.1, 0.15) is 37.0 Å². The van der Waals surface area contributed by atoms with Crippen LogP contribution in [0.5, 0.6) is 0 Å². The van der Waals surface area contributed by atoms with E-state index in [1.165, 1.54) is 11.1 Å². The van der Waals surface area contributed by atoms with Crippen LogP contribution < -0.4 is 16.6 Å². The summed E-state index contributed by atoms with van der Waals surface area (Å²) in [5.41, 5.74) is -1.17. The van der Waals surface area contributed by atoms with Crippen LogP contribution in [0.15, 0.2) is 26.2 Å². The second-order valence-electron chi connectivity index (χ2n) is 8.05. The van der Waals surface area contributed by atoms with E-state index in [4.69, 9.17) is 19.3 Å². The molecule has 0 aliphatic carbocycles. The molecule has 0 spiro atoms. The van der Waals surface area contributed by atoms with Crippen LogP contribution in [-0.4, -0.2) is 92.6 Å². The number of aliphatic hydroxyl groups excluding tert-OH is 1. The summed E-state index contributed by atoms with van der Waals surface area (Å²) < 4.78 is 45.4. The number of carbonyl (C=O) groups excluding carboxylic acids is 2. The summed E-state index contributed by atoms with van der Waals surface area (Å²) in [4.78, 5) is 49.0. The van der Waals surface area contributed by atoms with Crippen molar-refractivity contribution in [1.82, 2.24) is 19.8 Å². The number of H-pyrrole nitrogens is 1. The zero-order chi connectivity index (χ0) is 27.5. The van der Waals surface area contributed by atoms with Gasteiger partial charge in [0.2, 0.25) is 3.23 Å². The van der Waals surface area contributed by atoms with E-state index < -0.39 is 76.3 Å². The molecule has 13 nitrogen and oxygen atoms in total. The third-order valence-corrected chi connectivity index (χ3v) is 7.22. The number of imide groups is 1. The Morgan fingerprint density at radius 3 is 2.39 bits per heavy atom. The van der Waals surface area contributed by atoms with Gasteiger partial charge in [-0.05, 0) is 0 Å². The third-order valence-electron chi connectivity index (χ3n) is 5.71. The molecule has 3 N–H and O–H groups in total. The summed E-state index contributed by atoms with van der Waals surface area (Å²) in [6.45, 7) is -0.436. The predicted octanol–water partition coefficient (Wildman–Crippen LogP) is 0.808. The standard InChI is InChI=1S/C9H9Br2FN2O4.C9H11FN2O4.CH4.BHNS/c10-9(11)6(15)13-8(16)14-5-1-3(12)4(18-5)2-17-7(9)14;10-5-3-8(16-6(5)4-13)12-2-1-7(14)11-9(12)15;;1-2-3/h3-5,7H,1-2H2,(H,13,15,16);1-2,5-6,8,13H,3-4H2,(H,11,14,15);1H4;3H. The Kier molecular flexibility index (Phi) is 11.8. The molecule has 4 saturated heterocycles. The Hall–Kier alpha value is -1.51. The van der Waals surface area contributed by atoms with Crippen molar-refractivity contribution in [3.05, 3.63) is 33.1 Å². The van der Waals surface area contributed by atoms with E-state index >= 15 is 0 Å². The number of carbonyl (C=O) groups is 2. The number of hydrogen-bond donors (Lipinski definition) is 4. The maximum absolute atomic E-state index is 13.6. The zero-order valence-electron chi connectivity index (χ0n) is 18.7. The molecule has 5 heterocycles. The van der Waals surface area contributed by atoms with Crippen molar-refractivity contribution in [2.75, 3.05) is 13.2 Å². The summed E-state index contributed by atoms with van der Waals surface area (Å²) in [7, 11) is 4.34. The number of nitrogens with one attached hydrogen (secondary N) is 2. The van der Waals surface area contributed by atoms with Crippen molar-refractivity contribution in [3.63, 3.8) is 0 Å². The number of ether oxygens (including phenoxy) is 3. The first-order chi connectivity index (χ1) is 17.4. The van der Waals surface area contributed by atoms with Crippen LogP contribution >= 0.6 is 44.7 Å². The number of amides is 3. The van der Waals surface area contributed by atoms with Crippen LogP contribution in [0.3, 0.4) is 0 Å². The van der Waals surface area contributed by atoms with Gasteiger partial charge in [0.05, 0.1) is 13.2 Å². The molecule has 2 bridgehead atoms. The van der Waals surface area contributed by atoms with Crippen LogP contribution in [-0.2, 0) is 19.0 Å². The summed E-state index contributed by atoms with van der Waals surface area (Å²) in [5.74, 6) is -0.552. The van der Waals surface area contributed by atoms with Gasteiger partial charge < -0.3 is 19.3 Å². The Labute approximate surface area is 238 Å². The molecular formula is C19H25BBr2F2N5O8S. The fraction of sp³-hybridized carbons (Fsp3) is 0.684. The molecule has 0 saturated carbocycles. The van der Waals surface area contributed by atoms with Crippen LogP contribution in [0, 0.1) is 0 Å². The number of aromatic amines is 1. The normalized spacial score (nSPS) is 32.8. The van der Waals surface area contributed by atoms with Crippen molar-refractivity contribution in [2.24, 2.45) is 4.30 Å². The Morgan fingerprint density at radius 2 is 1.82 bits per heavy atom. The number of hydrogen-bond acceptors (Lipinski definition) is 10. The first-order valence-corrected chi connectivity index (χ1v) is 12.6. The van der Waals surface area contributed by atoms with Gasteiger partial charge in [-0.3, -0.25) is 29.4 Å². The van der Waals surface area contributed by atoms with Gasteiger partial charge in [0.15, 0.2) is 6.23 Å². The van der Waals surface area contributed by atoms with Crippen LogP contribution in [0.25, 0.3) is 0 Å². The van der Waals surface area contributed by atoms with E-state index in [0.717, 1.165) is 10.6 Å². The number of aliphatic hydroxyl groups is 1. The number of alkyl halides is 4. The first kappa shape index (κ1) is 32.7. The van der Waals surface area contributed by atoms with Crippen LogP contribution in [0.1, 0.15) is 26.5 Å². The fourth-order valence-electron chi connectivity index (χ4n) is 3.98. The van der Waals surface area contributed by atoms with Gasteiger partial charge in [-0.25, -0.2) is 18.4 Å². The molecule has 3 amide bonds. The molecule has 0 aromatic carbocycles. The summed E-state index contributed by atoms with van der Waals surface area (Å²) in [5, 5.41) is 11.0. The number of aromatic nitrogens is 2. The summed E-state index contributed by atoms with van der Waals surface area (Å²) >= 11 is 9.56. The molecule has 5 rings (SSSR count). The topological polar surface area (TPSA) is 165 Å². The van der Waals surface area contributed by atoms with Crippen LogP contribution in [0.2, 0.25) is 0 Å². The minimum absolute atomic E-state index is 0. The number of rotatable bonds is 2. The average Bonchev–Trinajstić information content (AvgIpc) is 3.30. The molecule has 7 unspecified atom stereocenters. The molecule has 1 aromatic heterocycles. The Bertz CT molecular complexity index is 1130. The van der Waals surface area contributed by atoms with Gasteiger partial charge in [0, 0.05) is 25.1 Å². The fourth-order valence-corrected chi connectivity index (χ4v) is 4.88. The molecular weight excluding hydrogens is 667 g/mol. The van der Waals surface area contributed by atoms with Gasteiger partial charge in [-0.15, -0.1) is 0 Å². The van der Waals surface area contributed by atoms with Crippen molar-refractivity contribution in [3.8, 4) is 0 Å². The number of nitrogens with zero attached hydrogens (tertiary/aromatic N) is 3. The quantitative estimate of drug-likeness (QED) is 0.201. The molecule has 211 valence electrons. The maximum atomic E-state index is 13.6. The van der Waals surface area contributed by atoms with E-state index in [1.807, 2.05) is 0 Å². The van der Waals surface area contributed by atoms with Crippen LogP contribution in [0.4, 0.5) is 13.6 Å². The number of urea groups is 1. The summed E-state index contributed by atoms with van der Waals surface area (Å²) in [6.07, 6.45) is -5.14. The molecule has 1 radical (unpaired) electrons. The first-order valence-electron chi connectivity index (χ1n) is 10.6. The molecule has 4 fully saturated rings. The van der Waals surface area contributed by atoms with Gasteiger partial charge in [-0.1, -0.05) is 39.3 Å². The molecule has 4 aliphatic heterocycles. The van der Waals surface area contributed by atoms with Gasteiger partial charge >= 0.3 is 36.5 Å². The van der Waals surface area contributed by atoms with E-state index in [1.54, 1.807) is 0 Å². The van der Waals surface area contributed by atoms with E-state index in [-0.39, 0.29) is 26.9 Å². The Balaban J connectivity index is 0.000000238. The SMILES string of the molecule is C.O=C1NC(=O)C(Br)(Br)C2OCC3OC(CC3F)N12.O=c1ccn(C2CC(F)C(CO)O2)c(=O)[nH]1.[B]=NS. The van der Waals surface area contributed by atoms with Crippen molar-refractivity contribution in [2.45, 2.75) is 66.7 Å². The summed E-state index contributed by atoms with van der Waals surface area (Å²) in [6, 6.07) is 0.517. The second-order valence-corrected chi connectivity index (χ2v) is 11.8. The predicted molar refractivity (Wildman–Crippen MR) is 140 cm³/mol. The molecule has 4 aliphatic rings. The molecule has 38 heavy (non-hydrogen) atoms. The molecule has 7 atom stereocenters. The second kappa shape index (κ2) is 13.7. The third kappa shape index (κ3) is 6.97. The van der Waals surface area contributed by atoms with E-state index in [0.29, 0.717) is 0 Å². The molecule has 19 heteroatoms. The van der Waals surface area contributed by atoms with Crippen molar-refractivity contribution in [1.29, 1.82) is 0 Å².